The second-order valence-corrected chi connectivity index (χ2v) is 5.55. The average molecular weight is 309 g/mol. The zero-order chi connectivity index (χ0) is 15.7. The molecule has 0 radical (unpaired) electrons. The Labute approximate surface area is 133 Å². The molecule has 0 spiro atoms. The molecule has 0 N–H and O–H groups in total. The van der Waals surface area contributed by atoms with Crippen molar-refractivity contribution in [2.75, 3.05) is 0 Å². The summed E-state index contributed by atoms with van der Waals surface area (Å²) in [5, 5.41) is 18.2. The van der Waals surface area contributed by atoms with Gasteiger partial charge in [0.1, 0.15) is 11.8 Å². The highest BCUT2D eigenvalue weighted by atomic mass is 35.5. The summed E-state index contributed by atoms with van der Waals surface area (Å²) >= 11 is 6.02. The quantitative estimate of drug-likeness (QED) is 0.717. The number of nitrogens with zero attached hydrogens (tertiary/aromatic N) is 4. The van der Waals surface area contributed by atoms with E-state index in [4.69, 9.17) is 11.6 Å². The zero-order valence-corrected chi connectivity index (χ0v) is 13.0. The number of aryl methyl sites for hydroxylation is 2. The zero-order valence-electron chi connectivity index (χ0n) is 12.2. The Bertz CT molecular complexity index is 890. The smallest absolute Gasteiger partial charge is 0.191 e. The van der Waals surface area contributed by atoms with E-state index >= 15 is 0 Å². The number of halogens is 1. The number of hydrogen-bond acceptors (Lipinski definition) is 3. The fourth-order valence-corrected chi connectivity index (χ4v) is 2.66. The van der Waals surface area contributed by atoms with E-state index in [0.717, 1.165) is 22.4 Å². The number of nitriles is 1. The maximum absolute atomic E-state index is 9.34. The van der Waals surface area contributed by atoms with Crippen LogP contribution in [0.3, 0.4) is 0 Å². The molecule has 3 rings (SSSR count). The maximum atomic E-state index is 9.34. The molecule has 3 aromatic rings. The van der Waals surface area contributed by atoms with Crippen molar-refractivity contribution < 1.29 is 0 Å². The van der Waals surface area contributed by atoms with Gasteiger partial charge in [0, 0.05) is 10.6 Å². The fourth-order valence-electron chi connectivity index (χ4n) is 2.43. The van der Waals surface area contributed by atoms with Crippen LogP contribution >= 0.6 is 11.6 Å². The van der Waals surface area contributed by atoms with Gasteiger partial charge in [0.15, 0.2) is 5.69 Å². The Balaban J connectivity index is 2.26. The molecule has 0 unspecified atom stereocenters. The lowest BCUT2D eigenvalue weighted by Gasteiger charge is -2.10. The molecule has 2 aromatic carbocycles. The Morgan fingerprint density at radius 1 is 1.14 bits per heavy atom. The molecule has 1 aromatic heterocycles. The first-order valence-corrected chi connectivity index (χ1v) is 7.17. The first-order chi connectivity index (χ1) is 10.6. The summed E-state index contributed by atoms with van der Waals surface area (Å²) in [6.45, 7) is 3.96. The first kappa shape index (κ1) is 14.3. The lowest BCUT2D eigenvalue weighted by molar-refractivity contribution is 0.802. The third-order valence-electron chi connectivity index (χ3n) is 3.45. The molecule has 0 aliphatic rings. The molecule has 0 atom stereocenters. The van der Waals surface area contributed by atoms with Gasteiger partial charge in [-0.05, 0) is 43.7 Å². The summed E-state index contributed by atoms with van der Waals surface area (Å²) in [5.41, 5.74) is 4.85. The topological polar surface area (TPSA) is 54.5 Å². The molecule has 1 heterocycles. The first-order valence-electron chi connectivity index (χ1n) is 6.79. The van der Waals surface area contributed by atoms with Crippen molar-refractivity contribution in [1.82, 2.24) is 15.0 Å². The van der Waals surface area contributed by atoms with Crippen molar-refractivity contribution in [3.05, 3.63) is 64.3 Å². The van der Waals surface area contributed by atoms with Crippen molar-refractivity contribution in [1.29, 1.82) is 5.26 Å². The standard InChI is InChI=1S/C17H13ClN4/c1-11-4-3-5-13(8-11)17-15(10-19)20-21-22(17)16-7-6-14(18)9-12(16)2/h3-9H,1-2H3. The monoisotopic (exact) mass is 308 g/mol. The second kappa shape index (κ2) is 5.63. The average Bonchev–Trinajstić information content (AvgIpc) is 2.91. The minimum absolute atomic E-state index is 0.306. The number of hydrogen-bond donors (Lipinski definition) is 0. The van der Waals surface area contributed by atoms with E-state index in [1.807, 2.05) is 50.2 Å². The van der Waals surface area contributed by atoms with Crippen molar-refractivity contribution in [2.45, 2.75) is 13.8 Å². The van der Waals surface area contributed by atoms with Crippen LogP contribution in [0.4, 0.5) is 0 Å². The predicted molar refractivity (Wildman–Crippen MR) is 86.0 cm³/mol. The third kappa shape index (κ3) is 2.47. The molecule has 22 heavy (non-hydrogen) atoms. The van der Waals surface area contributed by atoms with Crippen LogP contribution in [-0.2, 0) is 0 Å². The lowest BCUT2D eigenvalue weighted by atomic mass is 10.1. The van der Waals surface area contributed by atoms with Gasteiger partial charge < -0.3 is 0 Å². The van der Waals surface area contributed by atoms with Crippen LogP contribution in [0.1, 0.15) is 16.8 Å². The van der Waals surface area contributed by atoms with Gasteiger partial charge in [-0.1, -0.05) is 40.6 Å². The second-order valence-electron chi connectivity index (χ2n) is 5.11. The van der Waals surface area contributed by atoms with Gasteiger partial charge in [0.2, 0.25) is 0 Å². The summed E-state index contributed by atoms with van der Waals surface area (Å²) < 4.78 is 1.69. The summed E-state index contributed by atoms with van der Waals surface area (Å²) in [6, 6.07) is 15.6. The summed E-state index contributed by atoms with van der Waals surface area (Å²) in [7, 11) is 0. The molecule has 108 valence electrons. The van der Waals surface area contributed by atoms with Crippen LogP contribution < -0.4 is 0 Å². The van der Waals surface area contributed by atoms with Gasteiger partial charge >= 0.3 is 0 Å². The Hall–Kier alpha value is -2.64. The van der Waals surface area contributed by atoms with Crippen LogP contribution in [0.2, 0.25) is 5.02 Å². The van der Waals surface area contributed by atoms with Crippen LogP contribution in [0.25, 0.3) is 16.9 Å². The highest BCUT2D eigenvalue weighted by Crippen LogP contribution is 2.27. The van der Waals surface area contributed by atoms with Crippen LogP contribution in [0, 0.1) is 25.2 Å². The van der Waals surface area contributed by atoms with E-state index in [0.29, 0.717) is 16.4 Å². The number of benzene rings is 2. The molecule has 0 bridgehead atoms. The largest absolute Gasteiger partial charge is 0.211 e. The molecule has 0 fully saturated rings. The van der Waals surface area contributed by atoms with Crippen molar-refractivity contribution in [3.63, 3.8) is 0 Å². The minimum atomic E-state index is 0.306. The molecule has 0 aliphatic carbocycles. The van der Waals surface area contributed by atoms with Gasteiger partial charge in [0.05, 0.1) is 5.69 Å². The number of rotatable bonds is 2. The highest BCUT2D eigenvalue weighted by Gasteiger charge is 2.17. The van der Waals surface area contributed by atoms with E-state index in [1.54, 1.807) is 10.7 Å². The van der Waals surface area contributed by atoms with Gasteiger partial charge in [-0.15, -0.1) is 5.10 Å². The minimum Gasteiger partial charge on any atom is -0.211 e. The van der Waals surface area contributed by atoms with E-state index in [2.05, 4.69) is 16.4 Å². The van der Waals surface area contributed by atoms with E-state index in [1.165, 1.54) is 0 Å². The normalized spacial score (nSPS) is 10.5. The molecular formula is C17H13ClN4. The molecule has 0 saturated carbocycles. The van der Waals surface area contributed by atoms with Crippen LogP contribution in [0.5, 0.6) is 0 Å². The molecule has 4 nitrogen and oxygen atoms in total. The van der Waals surface area contributed by atoms with E-state index < -0.39 is 0 Å². The van der Waals surface area contributed by atoms with Gasteiger partial charge in [-0.2, -0.15) is 5.26 Å². The Morgan fingerprint density at radius 3 is 2.64 bits per heavy atom. The number of aromatic nitrogens is 3. The van der Waals surface area contributed by atoms with E-state index in [-0.39, 0.29) is 0 Å². The van der Waals surface area contributed by atoms with Gasteiger partial charge in [0.25, 0.3) is 0 Å². The SMILES string of the molecule is Cc1cccc(-c2c(C#N)nnn2-c2ccc(Cl)cc2C)c1. The highest BCUT2D eigenvalue weighted by molar-refractivity contribution is 6.30. The molecule has 0 saturated heterocycles. The van der Waals surface area contributed by atoms with E-state index in [9.17, 15) is 5.26 Å². The molecule has 0 aliphatic heterocycles. The van der Waals surface area contributed by atoms with Crippen molar-refractivity contribution >= 4 is 11.6 Å². The van der Waals surface area contributed by atoms with Crippen LogP contribution in [0.15, 0.2) is 42.5 Å². The predicted octanol–water partition coefficient (Wildman–Crippen LogP) is 4.08. The third-order valence-corrected chi connectivity index (χ3v) is 3.69. The van der Waals surface area contributed by atoms with Gasteiger partial charge in [-0.25, -0.2) is 4.68 Å². The van der Waals surface area contributed by atoms with Crippen molar-refractivity contribution in [2.24, 2.45) is 0 Å². The van der Waals surface area contributed by atoms with Crippen molar-refractivity contribution in [3.8, 4) is 23.0 Å². The Morgan fingerprint density at radius 2 is 1.95 bits per heavy atom. The molecular weight excluding hydrogens is 296 g/mol. The molecule has 5 heteroatoms. The lowest BCUT2D eigenvalue weighted by Crippen LogP contribution is -2.02. The fraction of sp³-hybridized carbons (Fsp3) is 0.118. The maximum Gasteiger partial charge on any atom is 0.191 e. The molecule has 0 amide bonds. The van der Waals surface area contributed by atoms with Gasteiger partial charge in [-0.3, -0.25) is 0 Å². The summed E-state index contributed by atoms with van der Waals surface area (Å²) in [6.07, 6.45) is 0. The van der Waals surface area contributed by atoms with Crippen LogP contribution in [-0.4, -0.2) is 15.0 Å². The summed E-state index contributed by atoms with van der Waals surface area (Å²) in [5.74, 6) is 0. The summed E-state index contributed by atoms with van der Waals surface area (Å²) in [4.78, 5) is 0. The Kier molecular flexibility index (Phi) is 3.66.